The van der Waals surface area contributed by atoms with E-state index in [2.05, 4.69) is 6.58 Å². The Labute approximate surface area is 178 Å². The minimum absolute atomic E-state index is 0.00462. The van der Waals surface area contributed by atoms with Gasteiger partial charge in [0.15, 0.2) is 11.6 Å². The van der Waals surface area contributed by atoms with Gasteiger partial charge in [-0.05, 0) is 36.2 Å². The zero-order valence-electron chi connectivity index (χ0n) is 16.3. The Balaban J connectivity index is 2.04. The van der Waals surface area contributed by atoms with Crippen LogP contribution in [0.2, 0.25) is 5.02 Å². The van der Waals surface area contributed by atoms with Crippen LogP contribution in [0, 0.1) is 11.6 Å². The number of hydrogen-bond donors (Lipinski definition) is 0. The summed E-state index contributed by atoms with van der Waals surface area (Å²) in [5.41, 5.74) is 1.73. The van der Waals surface area contributed by atoms with Crippen molar-refractivity contribution in [1.29, 1.82) is 0 Å². The SMILES string of the molecule is C=CCOC(=O)C1=C(C)N(Cc2ccc(F)c(F)c2)C(=O)CC1c1ccccc1Cl. The molecule has 30 heavy (non-hydrogen) atoms. The largest absolute Gasteiger partial charge is 0.458 e. The zero-order valence-corrected chi connectivity index (χ0v) is 17.1. The smallest absolute Gasteiger partial charge is 0.336 e. The van der Waals surface area contributed by atoms with Gasteiger partial charge in [0.2, 0.25) is 5.91 Å². The molecule has 0 aliphatic carbocycles. The van der Waals surface area contributed by atoms with Gasteiger partial charge < -0.3 is 9.64 Å². The maximum absolute atomic E-state index is 13.6. The number of carbonyl (C=O) groups excluding carboxylic acids is 2. The Bertz CT molecular complexity index is 1030. The van der Waals surface area contributed by atoms with Gasteiger partial charge in [0.25, 0.3) is 0 Å². The number of allylic oxidation sites excluding steroid dienone is 1. The Morgan fingerprint density at radius 2 is 2.00 bits per heavy atom. The Morgan fingerprint density at radius 1 is 1.27 bits per heavy atom. The molecule has 3 rings (SSSR count). The molecule has 1 aliphatic rings. The summed E-state index contributed by atoms with van der Waals surface area (Å²) in [5, 5.41) is 0.436. The number of esters is 1. The third-order valence-corrected chi connectivity index (χ3v) is 5.32. The number of amides is 1. The van der Waals surface area contributed by atoms with Crippen molar-refractivity contribution in [2.24, 2.45) is 0 Å². The summed E-state index contributed by atoms with van der Waals surface area (Å²) < 4.78 is 32.1. The van der Waals surface area contributed by atoms with E-state index in [4.69, 9.17) is 16.3 Å². The Kier molecular flexibility index (Phi) is 6.67. The first-order chi connectivity index (χ1) is 14.3. The van der Waals surface area contributed by atoms with Crippen LogP contribution in [0.15, 0.2) is 66.4 Å². The van der Waals surface area contributed by atoms with Crippen LogP contribution < -0.4 is 0 Å². The van der Waals surface area contributed by atoms with Crippen molar-refractivity contribution in [1.82, 2.24) is 4.90 Å². The lowest BCUT2D eigenvalue weighted by molar-refractivity contribution is -0.139. The number of ether oxygens (including phenoxy) is 1. The van der Waals surface area contributed by atoms with Gasteiger partial charge in [-0.2, -0.15) is 0 Å². The quantitative estimate of drug-likeness (QED) is 0.470. The van der Waals surface area contributed by atoms with E-state index in [1.165, 1.54) is 17.0 Å². The molecule has 0 aromatic heterocycles. The summed E-state index contributed by atoms with van der Waals surface area (Å²) in [7, 11) is 0. The minimum atomic E-state index is -1.00. The lowest BCUT2D eigenvalue weighted by atomic mass is 9.83. The van der Waals surface area contributed by atoms with Crippen LogP contribution in [0.25, 0.3) is 0 Å². The first kappa shape index (κ1) is 21.7. The van der Waals surface area contributed by atoms with Crippen LogP contribution in [-0.4, -0.2) is 23.4 Å². The van der Waals surface area contributed by atoms with Crippen LogP contribution in [0.3, 0.4) is 0 Å². The van der Waals surface area contributed by atoms with Crippen molar-refractivity contribution in [2.75, 3.05) is 6.61 Å². The van der Waals surface area contributed by atoms with Crippen molar-refractivity contribution < 1.29 is 23.1 Å². The van der Waals surface area contributed by atoms with Crippen molar-refractivity contribution in [3.05, 3.63) is 94.2 Å². The summed E-state index contributed by atoms with van der Waals surface area (Å²) in [6.45, 7) is 5.18. The second-order valence-corrected chi connectivity index (χ2v) is 7.30. The maximum atomic E-state index is 13.6. The molecule has 156 valence electrons. The molecule has 2 aromatic carbocycles. The maximum Gasteiger partial charge on any atom is 0.336 e. The molecular weight excluding hydrogens is 412 g/mol. The van der Waals surface area contributed by atoms with Gasteiger partial charge in [0, 0.05) is 23.1 Å². The van der Waals surface area contributed by atoms with Gasteiger partial charge >= 0.3 is 5.97 Å². The van der Waals surface area contributed by atoms with E-state index < -0.39 is 23.5 Å². The molecule has 1 unspecified atom stereocenters. The average molecular weight is 432 g/mol. The predicted molar refractivity (Wildman–Crippen MR) is 110 cm³/mol. The van der Waals surface area contributed by atoms with Crippen molar-refractivity contribution in [3.63, 3.8) is 0 Å². The summed E-state index contributed by atoms with van der Waals surface area (Å²) in [4.78, 5) is 27.2. The van der Waals surface area contributed by atoms with Gasteiger partial charge in [-0.15, -0.1) is 0 Å². The third kappa shape index (κ3) is 4.44. The third-order valence-electron chi connectivity index (χ3n) is 4.98. The monoisotopic (exact) mass is 431 g/mol. The summed E-state index contributed by atoms with van der Waals surface area (Å²) in [6, 6.07) is 10.4. The van der Waals surface area contributed by atoms with E-state index in [1.807, 2.05) is 0 Å². The normalized spacial score (nSPS) is 16.6. The van der Waals surface area contributed by atoms with E-state index in [-0.39, 0.29) is 25.5 Å². The first-order valence-electron chi connectivity index (χ1n) is 9.31. The van der Waals surface area contributed by atoms with Crippen LogP contribution in [-0.2, 0) is 20.9 Å². The fourth-order valence-corrected chi connectivity index (χ4v) is 3.79. The van der Waals surface area contributed by atoms with Crippen molar-refractivity contribution in [3.8, 4) is 0 Å². The van der Waals surface area contributed by atoms with Gasteiger partial charge in [0.05, 0.1) is 12.1 Å². The van der Waals surface area contributed by atoms with E-state index >= 15 is 0 Å². The fraction of sp³-hybridized carbons (Fsp3) is 0.217. The molecule has 0 fully saturated rings. The highest BCUT2D eigenvalue weighted by Crippen LogP contribution is 2.40. The van der Waals surface area contributed by atoms with Crippen LogP contribution in [0.5, 0.6) is 0 Å². The molecule has 2 aromatic rings. The summed E-state index contributed by atoms with van der Waals surface area (Å²) in [6.07, 6.45) is 1.44. The lowest BCUT2D eigenvalue weighted by Crippen LogP contribution is -2.38. The van der Waals surface area contributed by atoms with E-state index in [0.717, 1.165) is 12.1 Å². The molecule has 0 N–H and O–H groups in total. The Hall–Kier alpha value is -2.99. The molecule has 7 heteroatoms. The second-order valence-electron chi connectivity index (χ2n) is 6.89. The van der Waals surface area contributed by atoms with Crippen molar-refractivity contribution >= 4 is 23.5 Å². The van der Waals surface area contributed by atoms with Gasteiger partial charge in [-0.3, -0.25) is 4.79 Å². The Morgan fingerprint density at radius 3 is 2.67 bits per heavy atom. The number of rotatable bonds is 6. The van der Waals surface area contributed by atoms with Gasteiger partial charge in [-0.1, -0.05) is 48.5 Å². The highest BCUT2D eigenvalue weighted by Gasteiger charge is 2.37. The first-order valence-corrected chi connectivity index (χ1v) is 9.68. The van der Waals surface area contributed by atoms with Crippen LogP contribution in [0.1, 0.15) is 30.4 Å². The molecule has 1 heterocycles. The second kappa shape index (κ2) is 9.22. The van der Waals surface area contributed by atoms with E-state index in [0.29, 0.717) is 27.4 Å². The molecule has 0 radical (unpaired) electrons. The fourth-order valence-electron chi connectivity index (χ4n) is 3.52. The highest BCUT2D eigenvalue weighted by molar-refractivity contribution is 6.31. The van der Waals surface area contributed by atoms with Crippen LogP contribution >= 0.6 is 11.6 Å². The summed E-state index contributed by atoms with van der Waals surface area (Å²) in [5.74, 6) is -3.39. The van der Waals surface area contributed by atoms with Crippen molar-refractivity contribution in [2.45, 2.75) is 25.8 Å². The molecule has 0 saturated carbocycles. The molecule has 1 atom stereocenters. The molecular formula is C23H20ClF2NO3. The molecule has 1 aliphatic heterocycles. The standard InChI is InChI=1S/C23H20ClF2NO3/c1-3-10-30-23(29)22-14(2)27(13-15-8-9-19(25)20(26)11-15)21(28)12-17(22)16-6-4-5-7-18(16)24/h3-9,11,17H,1,10,12-13H2,2H3. The molecule has 0 saturated heterocycles. The number of nitrogens with zero attached hydrogens (tertiary/aromatic N) is 1. The zero-order chi connectivity index (χ0) is 21.8. The van der Waals surface area contributed by atoms with Crippen LogP contribution in [0.4, 0.5) is 8.78 Å². The van der Waals surface area contributed by atoms with Gasteiger partial charge in [-0.25, -0.2) is 13.6 Å². The lowest BCUT2D eigenvalue weighted by Gasteiger charge is -2.34. The number of benzene rings is 2. The molecule has 1 amide bonds. The molecule has 4 nitrogen and oxygen atoms in total. The molecule has 0 bridgehead atoms. The highest BCUT2D eigenvalue weighted by atomic mass is 35.5. The minimum Gasteiger partial charge on any atom is -0.458 e. The summed E-state index contributed by atoms with van der Waals surface area (Å²) >= 11 is 6.33. The van der Waals surface area contributed by atoms with Gasteiger partial charge in [0.1, 0.15) is 6.61 Å². The molecule has 0 spiro atoms. The topological polar surface area (TPSA) is 46.6 Å². The number of carbonyl (C=O) groups is 2. The van der Waals surface area contributed by atoms with E-state index in [9.17, 15) is 18.4 Å². The van der Waals surface area contributed by atoms with E-state index in [1.54, 1.807) is 31.2 Å². The number of hydrogen-bond acceptors (Lipinski definition) is 3. The number of halogens is 3. The average Bonchev–Trinajstić information content (AvgIpc) is 2.72. The predicted octanol–water partition coefficient (Wildman–Crippen LogP) is 5.14.